The summed E-state index contributed by atoms with van der Waals surface area (Å²) in [6, 6.07) is 10.2. The summed E-state index contributed by atoms with van der Waals surface area (Å²) in [7, 11) is -4.40. The molecule has 0 atom stereocenters. The number of benzene rings is 2. The number of fused-ring (bicyclic) bond motifs is 1. The van der Waals surface area contributed by atoms with E-state index in [1.165, 1.54) is 0 Å². The van der Waals surface area contributed by atoms with E-state index in [1.807, 2.05) is 4.72 Å². The minimum absolute atomic E-state index is 0.355. The fourth-order valence-electron chi connectivity index (χ4n) is 2.98. The summed E-state index contributed by atoms with van der Waals surface area (Å²) in [5.74, 6) is -1.54. The number of Topliss-reactive ketones (excluding diaryl/α,β-unsaturated/α-hetero) is 1. The van der Waals surface area contributed by atoms with Gasteiger partial charge in [0.05, 0.1) is 10.5 Å². The molecule has 0 saturated carbocycles. The molecule has 0 unspecified atom stereocenters. The molecule has 3 rings (SSSR count). The van der Waals surface area contributed by atoms with Crippen molar-refractivity contribution >= 4 is 32.7 Å². The molecular formula is C20H17F3N2O5S. The van der Waals surface area contributed by atoms with Gasteiger partial charge in [-0.1, -0.05) is 24.3 Å². The maximum Gasteiger partial charge on any atom is 0.416 e. The van der Waals surface area contributed by atoms with Crippen LogP contribution >= 0.6 is 0 Å². The summed E-state index contributed by atoms with van der Waals surface area (Å²) in [5, 5.41) is 0.659. The van der Waals surface area contributed by atoms with Crippen molar-refractivity contribution in [3.8, 4) is 0 Å². The minimum atomic E-state index is -4.72. The molecule has 0 radical (unpaired) electrons. The quantitative estimate of drug-likeness (QED) is 0.421. The first-order valence-corrected chi connectivity index (χ1v) is 10.4. The van der Waals surface area contributed by atoms with Gasteiger partial charge in [-0.15, -0.1) is 0 Å². The van der Waals surface area contributed by atoms with Crippen LogP contribution in [0.3, 0.4) is 0 Å². The Morgan fingerprint density at radius 1 is 1.10 bits per heavy atom. The standard InChI is InChI=1S/C20H17F3N2O5S/c1-12-19(15-7-2-3-8-16(15)25-12)17(26)11-30-18(27)10-24-31(28,29)14-6-4-5-13(9-14)20(21,22)23/h2-9,24-25H,10-11H2,1H3. The number of ether oxygens (including phenoxy) is 1. The van der Waals surface area contributed by atoms with Gasteiger partial charge >= 0.3 is 12.1 Å². The van der Waals surface area contributed by atoms with Crippen molar-refractivity contribution in [3.05, 3.63) is 65.4 Å². The zero-order valence-electron chi connectivity index (χ0n) is 16.1. The second-order valence-corrected chi connectivity index (χ2v) is 8.37. The van der Waals surface area contributed by atoms with E-state index in [0.29, 0.717) is 22.7 Å². The molecule has 0 aliphatic rings. The SMILES string of the molecule is Cc1[nH]c2ccccc2c1C(=O)COC(=O)CNS(=O)(=O)c1cccc(C(F)(F)F)c1. The number of para-hydroxylation sites is 1. The topological polar surface area (TPSA) is 105 Å². The number of alkyl halides is 3. The number of nitrogens with one attached hydrogen (secondary N) is 2. The van der Waals surface area contributed by atoms with Crippen molar-refractivity contribution in [2.45, 2.75) is 18.0 Å². The number of hydrogen-bond donors (Lipinski definition) is 2. The van der Waals surface area contributed by atoms with Gasteiger partial charge in [0.25, 0.3) is 0 Å². The van der Waals surface area contributed by atoms with Crippen LogP contribution in [0.5, 0.6) is 0 Å². The molecule has 0 aliphatic heterocycles. The van der Waals surface area contributed by atoms with Gasteiger partial charge in [-0.25, -0.2) is 8.42 Å². The first kappa shape index (κ1) is 22.5. The first-order valence-electron chi connectivity index (χ1n) is 8.92. The molecule has 0 fully saturated rings. The Hall–Kier alpha value is -3.18. The molecule has 0 aliphatic carbocycles. The van der Waals surface area contributed by atoms with E-state index in [9.17, 15) is 31.2 Å². The number of aryl methyl sites for hydroxylation is 1. The number of H-pyrrole nitrogens is 1. The summed E-state index contributed by atoms with van der Waals surface area (Å²) < 4.78 is 69.3. The second kappa shape index (κ2) is 8.52. The van der Waals surface area contributed by atoms with E-state index in [4.69, 9.17) is 4.74 Å². The highest BCUT2D eigenvalue weighted by Crippen LogP contribution is 2.30. The largest absolute Gasteiger partial charge is 0.456 e. The fraction of sp³-hybridized carbons (Fsp3) is 0.200. The number of ketones is 1. The molecule has 11 heteroatoms. The Labute approximate surface area is 175 Å². The third-order valence-electron chi connectivity index (χ3n) is 4.41. The third-order valence-corrected chi connectivity index (χ3v) is 5.81. The van der Waals surface area contributed by atoms with Crippen LogP contribution in [0, 0.1) is 6.92 Å². The van der Waals surface area contributed by atoms with E-state index in [0.717, 1.165) is 23.7 Å². The zero-order valence-corrected chi connectivity index (χ0v) is 16.9. The van der Waals surface area contributed by atoms with Crippen molar-refractivity contribution in [2.24, 2.45) is 0 Å². The maximum atomic E-state index is 12.8. The molecule has 0 bridgehead atoms. The molecule has 1 aromatic heterocycles. The maximum absolute atomic E-state index is 12.8. The Bertz CT molecular complexity index is 1250. The van der Waals surface area contributed by atoms with Gasteiger partial charge in [-0.3, -0.25) is 9.59 Å². The van der Waals surface area contributed by atoms with Gasteiger partial charge in [0.15, 0.2) is 6.61 Å². The van der Waals surface area contributed by atoms with Gasteiger partial charge < -0.3 is 9.72 Å². The van der Waals surface area contributed by atoms with Crippen molar-refractivity contribution < 1.29 is 35.9 Å². The Morgan fingerprint density at radius 2 is 1.81 bits per heavy atom. The number of hydrogen-bond acceptors (Lipinski definition) is 5. The Morgan fingerprint density at radius 3 is 2.52 bits per heavy atom. The predicted molar refractivity (Wildman–Crippen MR) is 105 cm³/mol. The van der Waals surface area contributed by atoms with Crippen molar-refractivity contribution in [3.63, 3.8) is 0 Å². The molecule has 31 heavy (non-hydrogen) atoms. The molecule has 0 spiro atoms. The molecule has 2 aromatic carbocycles. The zero-order chi connectivity index (χ0) is 22.8. The van der Waals surface area contributed by atoms with Crippen LogP contribution in [0.25, 0.3) is 10.9 Å². The normalized spacial score (nSPS) is 12.1. The lowest BCUT2D eigenvalue weighted by Gasteiger charge is -2.10. The number of esters is 1. The molecular weight excluding hydrogens is 437 g/mol. The second-order valence-electron chi connectivity index (χ2n) is 6.60. The highest BCUT2D eigenvalue weighted by molar-refractivity contribution is 7.89. The number of sulfonamides is 1. The highest BCUT2D eigenvalue weighted by Gasteiger charge is 2.31. The van der Waals surface area contributed by atoms with Gasteiger partial charge in [0.2, 0.25) is 15.8 Å². The van der Waals surface area contributed by atoms with Gasteiger partial charge in [-0.2, -0.15) is 17.9 Å². The minimum Gasteiger partial charge on any atom is -0.456 e. The summed E-state index contributed by atoms with van der Waals surface area (Å²) in [6.45, 7) is 0.226. The average Bonchev–Trinajstić information content (AvgIpc) is 3.05. The summed E-state index contributed by atoms with van der Waals surface area (Å²) >= 11 is 0. The van der Waals surface area contributed by atoms with Crippen LogP contribution < -0.4 is 4.72 Å². The van der Waals surface area contributed by atoms with Gasteiger partial charge in [0.1, 0.15) is 6.54 Å². The van der Waals surface area contributed by atoms with E-state index >= 15 is 0 Å². The first-order chi connectivity index (χ1) is 14.5. The molecule has 1 heterocycles. The van der Waals surface area contributed by atoms with E-state index in [-0.39, 0.29) is 0 Å². The van der Waals surface area contributed by atoms with Gasteiger partial charge in [-0.05, 0) is 31.2 Å². The molecule has 0 saturated heterocycles. The fourth-order valence-corrected chi connectivity index (χ4v) is 4.00. The number of halogens is 3. The Kier molecular flexibility index (Phi) is 6.18. The summed E-state index contributed by atoms with van der Waals surface area (Å²) in [6.07, 6.45) is -4.72. The highest BCUT2D eigenvalue weighted by atomic mass is 32.2. The average molecular weight is 454 g/mol. The number of aromatic amines is 1. The molecule has 164 valence electrons. The predicted octanol–water partition coefficient (Wildman–Crippen LogP) is 3.20. The monoisotopic (exact) mass is 454 g/mol. The van der Waals surface area contributed by atoms with Crippen LogP contribution in [-0.2, 0) is 25.7 Å². The van der Waals surface area contributed by atoms with Gasteiger partial charge in [0, 0.05) is 22.2 Å². The summed E-state index contributed by atoms with van der Waals surface area (Å²) in [4.78, 5) is 26.7. The molecule has 0 amide bonds. The van der Waals surface area contributed by atoms with Crippen LogP contribution in [0.4, 0.5) is 13.2 Å². The van der Waals surface area contributed by atoms with Crippen molar-refractivity contribution in [1.29, 1.82) is 0 Å². The van der Waals surface area contributed by atoms with Crippen molar-refractivity contribution in [1.82, 2.24) is 9.71 Å². The lowest BCUT2D eigenvalue weighted by molar-refractivity contribution is -0.141. The third kappa shape index (κ3) is 5.12. The van der Waals surface area contributed by atoms with Crippen molar-refractivity contribution in [2.75, 3.05) is 13.2 Å². The van der Waals surface area contributed by atoms with Crippen LogP contribution in [0.2, 0.25) is 0 Å². The molecule has 3 aromatic rings. The van der Waals surface area contributed by atoms with E-state index in [2.05, 4.69) is 4.98 Å². The van der Waals surface area contributed by atoms with Crippen LogP contribution in [-0.4, -0.2) is 38.3 Å². The van der Waals surface area contributed by atoms with E-state index < -0.39 is 51.6 Å². The smallest absolute Gasteiger partial charge is 0.416 e. The number of carbonyl (C=O) groups is 2. The van der Waals surface area contributed by atoms with Crippen LogP contribution in [0.1, 0.15) is 21.6 Å². The van der Waals surface area contributed by atoms with E-state index in [1.54, 1.807) is 31.2 Å². The summed E-state index contributed by atoms with van der Waals surface area (Å²) in [5.41, 5.74) is 0.543. The number of carbonyl (C=O) groups excluding carboxylic acids is 2. The Balaban J connectivity index is 1.61. The number of rotatable bonds is 7. The number of aromatic nitrogens is 1. The molecule has 2 N–H and O–H groups in total. The lowest BCUT2D eigenvalue weighted by atomic mass is 10.1. The van der Waals surface area contributed by atoms with Crippen LogP contribution in [0.15, 0.2) is 53.4 Å². The molecule has 7 nitrogen and oxygen atoms in total. The lowest BCUT2D eigenvalue weighted by Crippen LogP contribution is -2.31.